The number of rotatable bonds is 9. The Kier molecular flexibility index (Phi) is 8.63. The molecule has 1 aliphatic rings. The number of amides is 1. The van der Waals surface area contributed by atoms with Crippen LogP contribution in [0.15, 0.2) is 77.7 Å². The lowest BCUT2D eigenvalue weighted by molar-refractivity contribution is -0.151. The van der Waals surface area contributed by atoms with Crippen LogP contribution in [0.1, 0.15) is 35.2 Å². The zero-order chi connectivity index (χ0) is 26.4. The standard InChI is InChI=1S/C29H27NO5S2/c1-4-34-28(32)26(21-11-6-5-7-12-21)30-27(31)25(37-29(30)36)17-20-14-15-23(24(16-20)33-3)35-18-22-13-9-8-10-19(22)2/h5-17,26H,4,18H2,1-3H3/b25-17-. The Morgan fingerprint density at radius 1 is 1.05 bits per heavy atom. The molecular weight excluding hydrogens is 506 g/mol. The van der Waals surface area contributed by atoms with Gasteiger partial charge in [-0.3, -0.25) is 9.69 Å². The molecule has 1 fully saturated rings. The summed E-state index contributed by atoms with van der Waals surface area (Å²) in [5, 5.41) is 0. The van der Waals surface area contributed by atoms with Gasteiger partial charge in [-0.15, -0.1) is 0 Å². The summed E-state index contributed by atoms with van der Waals surface area (Å²) >= 11 is 6.68. The number of thioether (sulfide) groups is 1. The van der Waals surface area contributed by atoms with Crippen LogP contribution in [-0.4, -0.2) is 34.8 Å². The summed E-state index contributed by atoms with van der Waals surface area (Å²) in [4.78, 5) is 28.0. The summed E-state index contributed by atoms with van der Waals surface area (Å²) in [6, 6.07) is 21.6. The smallest absolute Gasteiger partial charge is 0.333 e. The first-order valence-electron chi connectivity index (χ1n) is 11.8. The van der Waals surface area contributed by atoms with Crippen molar-refractivity contribution >= 4 is 46.3 Å². The van der Waals surface area contributed by atoms with E-state index < -0.39 is 12.0 Å². The van der Waals surface area contributed by atoms with Crippen molar-refractivity contribution in [2.24, 2.45) is 0 Å². The summed E-state index contributed by atoms with van der Waals surface area (Å²) in [6.45, 7) is 4.38. The Morgan fingerprint density at radius 3 is 2.49 bits per heavy atom. The number of esters is 1. The quantitative estimate of drug-likeness (QED) is 0.187. The van der Waals surface area contributed by atoms with Gasteiger partial charge in [0.05, 0.1) is 18.6 Å². The Hall–Kier alpha value is -3.62. The predicted molar refractivity (Wildman–Crippen MR) is 149 cm³/mol. The number of nitrogens with zero attached hydrogens (tertiary/aromatic N) is 1. The van der Waals surface area contributed by atoms with Gasteiger partial charge in [0, 0.05) is 0 Å². The highest BCUT2D eigenvalue weighted by Gasteiger charge is 2.42. The van der Waals surface area contributed by atoms with Crippen LogP contribution >= 0.6 is 24.0 Å². The maximum atomic E-state index is 13.4. The molecule has 0 aromatic heterocycles. The fourth-order valence-corrected chi connectivity index (χ4v) is 5.23. The summed E-state index contributed by atoms with van der Waals surface area (Å²) in [7, 11) is 1.57. The normalized spacial score (nSPS) is 15.1. The highest BCUT2D eigenvalue weighted by atomic mass is 32.2. The number of carbonyl (C=O) groups excluding carboxylic acids is 2. The molecular formula is C29H27NO5S2. The number of hydrogen-bond acceptors (Lipinski definition) is 7. The Morgan fingerprint density at radius 2 is 1.78 bits per heavy atom. The molecule has 37 heavy (non-hydrogen) atoms. The molecule has 1 heterocycles. The van der Waals surface area contributed by atoms with E-state index in [1.54, 1.807) is 38.3 Å². The van der Waals surface area contributed by atoms with E-state index in [-0.39, 0.29) is 12.5 Å². The topological polar surface area (TPSA) is 65.1 Å². The minimum Gasteiger partial charge on any atom is -0.493 e. The van der Waals surface area contributed by atoms with Crippen molar-refractivity contribution in [1.82, 2.24) is 4.90 Å². The lowest BCUT2D eigenvalue weighted by Crippen LogP contribution is -2.38. The Labute approximate surface area is 226 Å². The molecule has 1 saturated heterocycles. The van der Waals surface area contributed by atoms with E-state index in [4.69, 9.17) is 26.4 Å². The summed E-state index contributed by atoms with van der Waals surface area (Å²) in [5.74, 6) is 0.271. The van der Waals surface area contributed by atoms with Gasteiger partial charge in [0.1, 0.15) is 10.9 Å². The molecule has 0 spiro atoms. The molecule has 0 bridgehead atoms. The maximum absolute atomic E-state index is 13.4. The van der Waals surface area contributed by atoms with E-state index in [0.29, 0.717) is 32.9 Å². The van der Waals surface area contributed by atoms with Crippen LogP contribution in [0.5, 0.6) is 11.5 Å². The second kappa shape index (κ2) is 12.1. The minimum absolute atomic E-state index is 0.199. The van der Waals surface area contributed by atoms with Crippen molar-refractivity contribution in [3.05, 3.63) is 100.0 Å². The van der Waals surface area contributed by atoms with E-state index in [1.165, 1.54) is 4.90 Å². The van der Waals surface area contributed by atoms with E-state index in [1.807, 2.05) is 61.5 Å². The van der Waals surface area contributed by atoms with Gasteiger partial charge in [-0.1, -0.05) is 84.6 Å². The number of thiocarbonyl (C=S) groups is 1. The van der Waals surface area contributed by atoms with Gasteiger partial charge in [-0.25, -0.2) is 4.79 Å². The molecule has 4 rings (SSSR count). The number of aryl methyl sites for hydroxylation is 1. The minimum atomic E-state index is -0.952. The molecule has 0 saturated carbocycles. The largest absolute Gasteiger partial charge is 0.493 e. The maximum Gasteiger partial charge on any atom is 0.333 e. The molecule has 1 amide bonds. The van der Waals surface area contributed by atoms with Crippen LogP contribution in [-0.2, 0) is 20.9 Å². The van der Waals surface area contributed by atoms with Gasteiger partial charge in [0.15, 0.2) is 17.5 Å². The molecule has 1 unspecified atom stereocenters. The Bertz CT molecular complexity index is 1340. The van der Waals surface area contributed by atoms with Crippen LogP contribution in [0.3, 0.4) is 0 Å². The van der Waals surface area contributed by atoms with Crippen LogP contribution in [0.25, 0.3) is 6.08 Å². The molecule has 3 aromatic carbocycles. The highest BCUT2D eigenvalue weighted by molar-refractivity contribution is 8.26. The molecule has 0 N–H and O–H groups in total. The highest BCUT2D eigenvalue weighted by Crippen LogP contribution is 2.39. The fourth-order valence-electron chi connectivity index (χ4n) is 3.92. The number of ether oxygens (including phenoxy) is 3. The molecule has 190 valence electrons. The average molecular weight is 534 g/mol. The number of methoxy groups -OCH3 is 1. The lowest BCUT2D eigenvalue weighted by Gasteiger charge is -2.25. The van der Waals surface area contributed by atoms with Crippen LogP contribution in [0.4, 0.5) is 0 Å². The summed E-state index contributed by atoms with van der Waals surface area (Å²) < 4.78 is 17.1. The summed E-state index contributed by atoms with van der Waals surface area (Å²) in [6.07, 6.45) is 1.74. The molecule has 1 aliphatic heterocycles. The first-order chi connectivity index (χ1) is 17.9. The first-order valence-corrected chi connectivity index (χ1v) is 13.0. The molecule has 3 aromatic rings. The zero-order valence-electron chi connectivity index (χ0n) is 20.8. The third kappa shape index (κ3) is 6.03. The lowest BCUT2D eigenvalue weighted by atomic mass is 10.1. The second-order valence-corrected chi connectivity index (χ2v) is 9.92. The molecule has 0 radical (unpaired) electrons. The third-order valence-corrected chi connectivity index (χ3v) is 7.17. The van der Waals surface area contributed by atoms with Gasteiger partial charge in [0.2, 0.25) is 0 Å². The number of hydrogen-bond donors (Lipinski definition) is 0. The molecule has 1 atom stereocenters. The zero-order valence-corrected chi connectivity index (χ0v) is 22.4. The Balaban J connectivity index is 1.57. The van der Waals surface area contributed by atoms with E-state index >= 15 is 0 Å². The fraction of sp³-hybridized carbons (Fsp3) is 0.207. The predicted octanol–water partition coefficient (Wildman–Crippen LogP) is 6.09. The van der Waals surface area contributed by atoms with E-state index in [0.717, 1.165) is 28.5 Å². The van der Waals surface area contributed by atoms with Gasteiger partial charge < -0.3 is 14.2 Å². The molecule has 6 nitrogen and oxygen atoms in total. The van der Waals surface area contributed by atoms with Crippen LogP contribution in [0, 0.1) is 6.92 Å². The van der Waals surface area contributed by atoms with Crippen molar-refractivity contribution in [1.29, 1.82) is 0 Å². The number of carbonyl (C=O) groups is 2. The average Bonchev–Trinajstić information content (AvgIpc) is 3.17. The molecule has 0 aliphatic carbocycles. The monoisotopic (exact) mass is 533 g/mol. The van der Waals surface area contributed by atoms with E-state index in [9.17, 15) is 9.59 Å². The number of benzene rings is 3. The van der Waals surface area contributed by atoms with Crippen molar-refractivity contribution in [3.8, 4) is 11.5 Å². The van der Waals surface area contributed by atoms with Crippen molar-refractivity contribution < 1.29 is 23.8 Å². The van der Waals surface area contributed by atoms with Crippen molar-refractivity contribution in [2.75, 3.05) is 13.7 Å². The van der Waals surface area contributed by atoms with Gasteiger partial charge >= 0.3 is 5.97 Å². The molecule has 8 heteroatoms. The van der Waals surface area contributed by atoms with Crippen LogP contribution in [0.2, 0.25) is 0 Å². The van der Waals surface area contributed by atoms with E-state index in [2.05, 4.69) is 0 Å². The van der Waals surface area contributed by atoms with Crippen LogP contribution < -0.4 is 9.47 Å². The van der Waals surface area contributed by atoms with Crippen molar-refractivity contribution in [3.63, 3.8) is 0 Å². The second-order valence-electron chi connectivity index (χ2n) is 8.24. The van der Waals surface area contributed by atoms with Crippen molar-refractivity contribution in [2.45, 2.75) is 26.5 Å². The SMILES string of the molecule is CCOC(=O)C(c1ccccc1)N1C(=O)/C(=C/c2ccc(OCc3ccccc3C)c(OC)c2)SC1=S. The van der Waals surface area contributed by atoms with Gasteiger partial charge in [-0.05, 0) is 54.3 Å². The summed E-state index contributed by atoms with van der Waals surface area (Å²) in [5.41, 5.74) is 3.62. The van der Waals surface area contributed by atoms with Gasteiger partial charge in [0.25, 0.3) is 5.91 Å². The third-order valence-electron chi connectivity index (χ3n) is 5.84. The van der Waals surface area contributed by atoms with Gasteiger partial charge in [-0.2, -0.15) is 0 Å². The first kappa shape index (κ1) is 26.4.